The molecule has 0 atom stereocenters. The molecule has 0 rings (SSSR count). The third-order valence-corrected chi connectivity index (χ3v) is 3.53. The fraction of sp³-hybridized carbons (Fsp3) is 0. The van der Waals surface area contributed by atoms with Gasteiger partial charge in [0.05, 0.1) is 6.26 Å². The average molecular weight is 214 g/mol. The van der Waals surface area contributed by atoms with E-state index in [-0.39, 0.29) is 0 Å². The maximum absolute atomic E-state index is 10.6. The van der Waals surface area contributed by atoms with E-state index in [1.807, 2.05) is 0 Å². The van der Waals surface area contributed by atoms with E-state index in [9.17, 15) is 16.8 Å². The summed E-state index contributed by atoms with van der Waals surface area (Å²) in [6.07, 6.45) is 0.506. The van der Waals surface area contributed by atoms with Gasteiger partial charge >= 0.3 is 20.2 Å². The maximum Gasteiger partial charge on any atom is 0.351 e. The van der Waals surface area contributed by atoms with Crippen molar-refractivity contribution in [3.63, 3.8) is 0 Å². The van der Waals surface area contributed by atoms with Crippen molar-refractivity contribution in [2.24, 2.45) is 0 Å². The molecule has 0 aromatic carbocycles. The molecule has 0 bridgehead atoms. The highest BCUT2D eigenvalue weighted by molar-refractivity contribution is 8.09. The van der Waals surface area contributed by atoms with Gasteiger partial charge in [0, 0.05) is 0 Å². The molecule has 0 fully saturated rings. The Morgan fingerprint density at radius 1 is 1.33 bits per heavy atom. The summed E-state index contributed by atoms with van der Waals surface area (Å²) < 4.78 is 52.3. The van der Waals surface area contributed by atoms with E-state index in [4.69, 9.17) is 4.55 Å². The Morgan fingerprint density at radius 2 is 1.75 bits per heavy atom. The molecule has 0 heterocycles. The summed E-state index contributed by atoms with van der Waals surface area (Å²) in [6, 6.07) is 0. The van der Waals surface area contributed by atoms with E-state index < -0.39 is 24.5 Å². The first-order chi connectivity index (χ1) is 5.22. The molecule has 0 amide bonds. The van der Waals surface area contributed by atoms with Crippen LogP contribution >= 0.6 is 0 Å². The second kappa shape index (κ2) is 3.25. The van der Waals surface area contributed by atoms with Crippen molar-refractivity contribution in [2.75, 3.05) is 0 Å². The summed E-state index contributed by atoms with van der Waals surface area (Å²) >= 11 is 0. The lowest BCUT2D eigenvalue weighted by Crippen LogP contribution is -2.12. The van der Waals surface area contributed by atoms with Gasteiger partial charge in [-0.25, -0.2) is 0 Å². The van der Waals surface area contributed by atoms with Gasteiger partial charge in [-0.15, -0.1) is 0 Å². The molecular formula is C4H6O6S2. The molecule has 0 radical (unpaired) electrons. The third kappa shape index (κ3) is 2.64. The molecule has 8 heteroatoms. The molecule has 1 N–H and O–H groups in total. The summed E-state index contributed by atoms with van der Waals surface area (Å²) in [5.41, 5.74) is 0. The molecule has 0 spiro atoms. The van der Waals surface area contributed by atoms with Crippen molar-refractivity contribution in [3.05, 3.63) is 23.7 Å². The molecule has 0 unspecified atom stereocenters. The first-order valence-electron chi connectivity index (χ1n) is 2.42. The van der Waals surface area contributed by atoms with Gasteiger partial charge in [-0.1, -0.05) is 13.2 Å². The first kappa shape index (κ1) is 11.1. The van der Waals surface area contributed by atoms with Crippen molar-refractivity contribution >= 4 is 20.2 Å². The minimum atomic E-state index is -4.84. The quantitative estimate of drug-likeness (QED) is 0.396. The summed E-state index contributed by atoms with van der Waals surface area (Å²) in [6.45, 7) is 5.51. The van der Waals surface area contributed by atoms with Gasteiger partial charge in [0.15, 0.2) is 0 Å². The molecule has 12 heavy (non-hydrogen) atoms. The molecular weight excluding hydrogens is 208 g/mol. The van der Waals surface area contributed by atoms with Gasteiger partial charge in [0.25, 0.3) is 0 Å². The fourth-order valence-corrected chi connectivity index (χ4v) is 1.71. The van der Waals surface area contributed by atoms with E-state index in [2.05, 4.69) is 17.3 Å². The second-order valence-corrected chi connectivity index (χ2v) is 4.86. The summed E-state index contributed by atoms with van der Waals surface area (Å²) in [5.74, 6) is 0. The number of rotatable bonds is 4. The summed E-state index contributed by atoms with van der Waals surface area (Å²) in [7, 11) is -9.36. The van der Waals surface area contributed by atoms with E-state index in [0.29, 0.717) is 6.26 Å². The highest BCUT2D eigenvalue weighted by atomic mass is 32.3. The van der Waals surface area contributed by atoms with Gasteiger partial charge in [0.2, 0.25) is 4.24 Å². The Labute approximate surface area is 70.0 Å². The van der Waals surface area contributed by atoms with E-state index in [1.54, 1.807) is 0 Å². The molecule has 0 aromatic heterocycles. The van der Waals surface area contributed by atoms with Crippen LogP contribution in [0.3, 0.4) is 0 Å². The van der Waals surface area contributed by atoms with E-state index in [0.717, 1.165) is 0 Å². The smallest absolute Gasteiger partial charge is 0.351 e. The Kier molecular flexibility index (Phi) is 3.02. The zero-order valence-corrected chi connectivity index (χ0v) is 7.43. The average Bonchev–Trinajstić information content (AvgIpc) is 1.84. The fourth-order valence-electron chi connectivity index (χ4n) is 0.272. The SMILES string of the molecule is C=COS(=O)(=O)C(=C)S(=O)(=O)O. The van der Waals surface area contributed by atoms with Gasteiger partial charge in [-0.3, -0.25) is 4.55 Å². The van der Waals surface area contributed by atoms with Crippen LogP contribution in [0, 0.1) is 0 Å². The highest BCUT2D eigenvalue weighted by Crippen LogP contribution is 2.12. The molecule has 0 aliphatic rings. The lowest BCUT2D eigenvalue weighted by Gasteiger charge is -2.01. The van der Waals surface area contributed by atoms with Crippen LogP contribution in [0.5, 0.6) is 0 Å². The zero-order chi connectivity index (χ0) is 9.99. The second-order valence-electron chi connectivity index (χ2n) is 1.56. The van der Waals surface area contributed by atoms with Crippen LogP contribution in [0.4, 0.5) is 0 Å². The minimum absolute atomic E-state index is 0.506. The maximum atomic E-state index is 10.6. The van der Waals surface area contributed by atoms with E-state index in [1.165, 1.54) is 0 Å². The number of hydrogen-bond acceptors (Lipinski definition) is 5. The van der Waals surface area contributed by atoms with Gasteiger partial charge in [0.1, 0.15) is 0 Å². The van der Waals surface area contributed by atoms with Crippen LogP contribution < -0.4 is 0 Å². The molecule has 0 aliphatic carbocycles. The monoisotopic (exact) mass is 214 g/mol. The van der Waals surface area contributed by atoms with Crippen molar-refractivity contribution in [2.45, 2.75) is 0 Å². The van der Waals surface area contributed by atoms with Gasteiger partial charge < -0.3 is 4.18 Å². The molecule has 0 aromatic rings. The summed E-state index contributed by atoms with van der Waals surface area (Å²) in [4.78, 5) is 0. The molecule has 0 aliphatic heterocycles. The first-order valence-corrected chi connectivity index (χ1v) is 5.27. The lowest BCUT2D eigenvalue weighted by molar-refractivity contribution is 0.450. The molecule has 0 saturated heterocycles. The third-order valence-electron chi connectivity index (χ3n) is 0.761. The van der Waals surface area contributed by atoms with Gasteiger partial charge in [-0.05, 0) is 0 Å². The predicted molar refractivity (Wildman–Crippen MR) is 40.9 cm³/mol. The van der Waals surface area contributed by atoms with Crippen LogP contribution in [-0.2, 0) is 24.4 Å². The predicted octanol–water partition coefficient (Wildman–Crippen LogP) is -0.165. The van der Waals surface area contributed by atoms with Crippen LogP contribution in [0.25, 0.3) is 0 Å². The van der Waals surface area contributed by atoms with Crippen LogP contribution in [0.2, 0.25) is 0 Å². The zero-order valence-electron chi connectivity index (χ0n) is 5.80. The van der Waals surface area contributed by atoms with Crippen molar-refractivity contribution in [1.82, 2.24) is 0 Å². The van der Waals surface area contributed by atoms with Crippen LogP contribution in [0.1, 0.15) is 0 Å². The molecule has 70 valence electrons. The van der Waals surface area contributed by atoms with Crippen molar-refractivity contribution < 1.29 is 25.6 Å². The largest absolute Gasteiger partial charge is 0.387 e. The van der Waals surface area contributed by atoms with Crippen molar-refractivity contribution in [1.29, 1.82) is 0 Å². The Hall–Kier alpha value is -0.860. The molecule has 0 saturated carbocycles. The lowest BCUT2D eigenvalue weighted by atomic mass is 11.2. The normalized spacial score (nSPS) is 12.1. The Morgan fingerprint density at radius 3 is 2.00 bits per heavy atom. The molecule has 6 nitrogen and oxygen atoms in total. The minimum Gasteiger partial charge on any atom is -0.387 e. The standard InChI is InChI=1S/C4H6O6S2/c1-3-10-12(8,9)4(2)11(5,6)7/h3H,1-2H2,(H,5,6,7). The Balaban J connectivity index is 5.12. The highest BCUT2D eigenvalue weighted by Gasteiger charge is 2.27. The van der Waals surface area contributed by atoms with Gasteiger partial charge in [-0.2, -0.15) is 16.8 Å². The number of hydrogen-bond donors (Lipinski definition) is 1. The van der Waals surface area contributed by atoms with E-state index >= 15 is 0 Å². The van der Waals surface area contributed by atoms with Crippen LogP contribution in [-0.4, -0.2) is 21.4 Å². The topological polar surface area (TPSA) is 97.7 Å². The Bertz CT molecular complexity index is 385. The van der Waals surface area contributed by atoms with Crippen LogP contribution in [0.15, 0.2) is 23.7 Å². The summed E-state index contributed by atoms with van der Waals surface area (Å²) in [5, 5.41) is 0. The van der Waals surface area contributed by atoms with Crippen molar-refractivity contribution in [3.8, 4) is 0 Å².